The summed E-state index contributed by atoms with van der Waals surface area (Å²) < 4.78 is 2.14. The maximum atomic E-state index is 4.34. The third-order valence-electron chi connectivity index (χ3n) is 2.66. The molecule has 2 aromatic rings. The Hall–Kier alpha value is -1.77. The Morgan fingerprint density at radius 1 is 1.18 bits per heavy atom. The Kier molecular flexibility index (Phi) is 3.47. The van der Waals surface area contributed by atoms with Crippen LogP contribution in [0.25, 0.3) is 0 Å². The first-order valence-corrected chi connectivity index (χ1v) is 6.05. The predicted octanol–water partition coefficient (Wildman–Crippen LogP) is 3.65. The summed E-state index contributed by atoms with van der Waals surface area (Å²) in [5.41, 5.74) is 3.63. The van der Waals surface area contributed by atoms with Crippen molar-refractivity contribution in [3.8, 4) is 0 Å². The second kappa shape index (κ2) is 5.04. The van der Waals surface area contributed by atoms with Gasteiger partial charge in [0, 0.05) is 24.6 Å². The fourth-order valence-electron chi connectivity index (χ4n) is 2.03. The van der Waals surface area contributed by atoms with Gasteiger partial charge >= 0.3 is 0 Å². The number of nitrogens with zero attached hydrogens (tertiary/aromatic N) is 2. The molecule has 3 nitrogen and oxygen atoms in total. The molecule has 1 N–H and O–H groups in total. The van der Waals surface area contributed by atoms with Gasteiger partial charge in [0.05, 0.1) is 0 Å². The minimum absolute atomic E-state index is 0.914. The summed E-state index contributed by atoms with van der Waals surface area (Å²) in [4.78, 5) is 4.34. The number of aromatic nitrogens is 2. The molecule has 0 aliphatic heterocycles. The molecule has 0 unspecified atom stereocenters. The molecule has 0 aliphatic rings. The van der Waals surface area contributed by atoms with Crippen molar-refractivity contribution < 1.29 is 0 Å². The van der Waals surface area contributed by atoms with Crippen molar-refractivity contribution in [2.45, 2.75) is 33.7 Å². The molecule has 1 aromatic heterocycles. The van der Waals surface area contributed by atoms with Gasteiger partial charge in [-0.1, -0.05) is 13.0 Å². The minimum atomic E-state index is 0.914. The minimum Gasteiger partial charge on any atom is -0.326 e. The van der Waals surface area contributed by atoms with Crippen LogP contribution in [0, 0.1) is 13.8 Å². The topological polar surface area (TPSA) is 29.9 Å². The lowest BCUT2D eigenvalue weighted by atomic mass is 10.1. The number of imidazole rings is 1. The van der Waals surface area contributed by atoms with E-state index in [1.807, 2.05) is 12.4 Å². The summed E-state index contributed by atoms with van der Waals surface area (Å²) in [6, 6.07) is 6.44. The van der Waals surface area contributed by atoms with Gasteiger partial charge in [0.1, 0.15) is 0 Å². The van der Waals surface area contributed by atoms with Crippen LogP contribution in [0.3, 0.4) is 0 Å². The quantitative estimate of drug-likeness (QED) is 0.867. The Morgan fingerprint density at radius 3 is 2.53 bits per heavy atom. The molecule has 0 saturated heterocycles. The smallest absolute Gasteiger partial charge is 0.207 e. The number of hydrogen-bond donors (Lipinski definition) is 1. The highest BCUT2D eigenvalue weighted by molar-refractivity contribution is 5.56. The van der Waals surface area contributed by atoms with Gasteiger partial charge in [0.25, 0.3) is 0 Å². The van der Waals surface area contributed by atoms with Crippen molar-refractivity contribution in [2.24, 2.45) is 0 Å². The summed E-state index contributed by atoms with van der Waals surface area (Å²) in [5, 5.41) is 3.37. The van der Waals surface area contributed by atoms with Crippen LogP contribution in [0.1, 0.15) is 24.5 Å². The molecule has 0 atom stereocenters. The van der Waals surface area contributed by atoms with E-state index in [0.29, 0.717) is 0 Å². The van der Waals surface area contributed by atoms with Crippen LogP contribution in [-0.2, 0) is 6.54 Å². The number of aryl methyl sites for hydroxylation is 3. The third-order valence-corrected chi connectivity index (χ3v) is 2.66. The van der Waals surface area contributed by atoms with Crippen molar-refractivity contribution in [2.75, 3.05) is 5.32 Å². The van der Waals surface area contributed by atoms with E-state index in [-0.39, 0.29) is 0 Å². The summed E-state index contributed by atoms with van der Waals surface area (Å²) in [6.07, 6.45) is 4.95. The highest BCUT2D eigenvalue weighted by atomic mass is 15.2. The first kappa shape index (κ1) is 11.7. The molecule has 0 spiro atoms. The fraction of sp³-hybridized carbons (Fsp3) is 0.357. The molecule has 0 radical (unpaired) electrons. The highest BCUT2D eigenvalue weighted by Crippen LogP contribution is 2.18. The van der Waals surface area contributed by atoms with E-state index in [2.05, 4.69) is 53.8 Å². The average Bonchev–Trinajstić information content (AvgIpc) is 2.65. The zero-order valence-corrected chi connectivity index (χ0v) is 10.7. The molecule has 1 heterocycles. The molecule has 2 rings (SSSR count). The van der Waals surface area contributed by atoms with E-state index in [1.54, 1.807) is 0 Å². The monoisotopic (exact) mass is 229 g/mol. The lowest BCUT2D eigenvalue weighted by molar-refractivity contribution is 0.686. The van der Waals surface area contributed by atoms with Gasteiger partial charge < -0.3 is 9.88 Å². The first-order valence-electron chi connectivity index (χ1n) is 6.05. The Bertz CT molecular complexity index is 480. The van der Waals surface area contributed by atoms with E-state index in [4.69, 9.17) is 0 Å². The van der Waals surface area contributed by atoms with Crippen LogP contribution >= 0.6 is 0 Å². The summed E-state index contributed by atoms with van der Waals surface area (Å²) >= 11 is 0. The van der Waals surface area contributed by atoms with Gasteiger partial charge in [-0.05, 0) is 43.5 Å². The predicted molar refractivity (Wildman–Crippen MR) is 71.7 cm³/mol. The second-order valence-corrected chi connectivity index (χ2v) is 4.45. The van der Waals surface area contributed by atoms with Gasteiger partial charge in [0.15, 0.2) is 0 Å². The molecule has 17 heavy (non-hydrogen) atoms. The van der Waals surface area contributed by atoms with Crippen molar-refractivity contribution in [1.82, 2.24) is 9.55 Å². The average molecular weight is 229 g/mol. The van der Waals surface area contributed by atoms with E-state index >= 15 is 0 Å². The number of anilines is 2. The second-order valence-electron chi connectivity index (χ2n) is 4.45. The highest BCUT2D eigenvalue weighted by Gasteiger charge is 2.02. The van der Waals surface area contributed by atoms with Gasteiger partial charge in [-0.2, -0.15) is 0 Å². The maximum absolute atomic E-state index is 4.34. The maximum Gasteiger partial charge on any atom is 0.207 e. The van der Waals surface area contributed by atoms with Gasteiger partial charge in [-0.25, -0.2) is 4.98 Å². The van der Waals surface area contributed by atoms with Crippen molar-refractivity contribution in [3.63, 3.8) is 0 Å². The zero-order valence-electron chi connectivity index (χ0n) is 10.7. The normalized spacial score (nSPS) is 10.5. The van der Waals surface area contributed by atoms with E-state index < -0.39 is 0 Å². The Balaban J connectivity index is 2.22. The lowest BCUT2D eigenvalue weighted by Gasteiger charge is -2.10. The summed E-state index contributed by atoms with van der Waals surface area (Å²) in [7, 11) is 0. The molecule has 0 aliphatic carbocycles. The van der Waals surface area contributed by atoms with Crippen LogP contribution in [0.2, 0.25) is 0 Å². The zero-order chi connectivity index (χ0) is 12.3. The molecular weight excluding hydrogens is 210 g/mol. The van der Waals surface area contributed by atoms with Crippen LogP contribution in [-0.4, -0.2) is 9.55 Å². The lowest BCUT2D eigenvalue weighted by Crippen LogP contribution is -2.03. The number of hydrogen-bond acceptors (Lipinski definition) is 2. The number of rotatable bonds is 4. The van der Waals surface area contributed by atoms with E-state index in [0.717, 1.165) is 24.6 Å². The Morgan fingerprint density at radius 2 is 1.88 bits per heavy atom. The summed E-state index contributed by atoms with van der Waals surface area (Å²) in [5.74, 6) is 0.914. The molecule has 0 bridgehead atoms. The molecule has 0 saturated carbocycles. The van der Waals surface area contributed by atoms with Crippen LogP contribution in [0.5, 0.6) is 0 Å². The van der Waals surface area contributed by atoms with Gasteiger partial charge in [-0.15, -0.1) is 0 Å². The third kappa shape index (κ3) is 2.87. The standard InChI is InChI=1S/C14H19N3/c1-4-6-17-7-5-15-14(17)16-13-9-11(2)8-12(3)10-13/h5,7-10H,4,6H2,1-3H3,(H,15,16). The number of benzene rings is 1. The SMILES string of the molecule is CCCn1ccnc1Nc1cc(C)cc(C)c1. The molecule has 90 valence electrons. The molecular formula is C14H19N3. The van der Waals surface area contributed by atoms with Crippen molar-refractivity contribution in [1.29, 1.82) is 0 Å². The van der Waals surface area contributed by atoms with Crippen LogP contribution < -0.4 is 5.32 Å². The van der Waals surface area contributed by atoms with Gasteiger partial charge in [-0.3, -0.25) is 0 Å². The Labute approximate surface area is 103 Å². The van der Waals surface area contributed by atoms with Crippen molar-refractivity contribution >= 4 is 11.6 Å². The molecule has 0 amide bonds. The van der Waals surface area contributed by atoms with Crippen LogP contribution in [0.15, 0.2) is 30.6 Å². The van der Waals surface area contributed by atoms with E-state index in [1.165, 1.54) is 11.1 Å². The fourth-order valence-corrected chi connectivity index (χ4v) is 2.03. The first-order chi connectivity index (χ1) is 8.19. The molecule has 1 aromatic carbocycles. The number of nitrogens with one attached hydrogen (secondary N) is 1. The molecule has 0 fully saturated rings. The van der Waals surface area contributed by atoms with E-state index in [9.17, 15) is 0 Å². The van der Waals surface area contributed by atoms with Crippen molar-refractivity contribution in [3.05, 3.63) is 41.7 Å². The molecule has 3 heteroatoms. The largest absolute Gasteiger partial charge is 0.326 e. The van der Waals surface area contributed by atoms with Gasteiger partial charge in [0.2, 0.25) is 5.95 Å². The van der Waals surface area contributed by atoms with Crippen LogP contribution in [0.4, 0.5) is 11.6 Å². The summed E-state index contributed by atoms with van der Waals surface area (Å²) in [6.45, 7) is 7.38.